The number of anilines is 1. The van der Waals surface area contributed by atoms with Crippen LogP contribution >= 0.6 is 0 Å². The van der Waals surface area contributed by atoms with Gasteiger partial charge in [-0.1, -0.05) is 6.07 Å². The zero-order chi connectivity index (χ0) is 19.9. The van der Waals surface area contributed by atoms with Crippen molar-refractivity contribution >= 4 is 5.95 Å². The molecule has 2 aromatic rings. The van der Waals surface area contributed by atoms with E-state index in [9.17, 15) is 5.11 Å². The van der Waals surface area contributed by atoms with Gasteiger partial charge in [0.1, 0.15) is 6.10 Å². The molecular formula is C20H28N4O4. The summed E-state index contributed by atoms with van der Waals surface area (Å²) in [6, 6.07) is 5.69. The second-order valence-corrected chi connectivity index (χ2v) is 6.57. The summed E-state index contributed by atoms with van der Waals surface area (Å²) in [4.78, 5) is 11.0. The normalized spacial score (nSPS) is 20.0. The van der Waals surface area contributed by atoms with Crippen LogP contribution < -0.4 is 14.8 Å². The minimum absolute atomic E-state index is 0.0641. The van der Waals surface area contributed by atoms with Gasteiger partial charge in [-0.3, -0.25) is 4.90 Å². The van der Waals surface area contributed by atoms with Crippen molar-refractivity contribution in [2.24, 2.45) is 0 Å². The summed E-state index contributed by atoms with van der Waals surface area (Å²) in [7, 11) is 3.23. The lowest BCUT2D eigenvalue weighted by molar-refractivity contribution is -0.0961. The summed E-state index contributed by atoms with van der Waals surface area (Å²) < 4.78 is 16.6. The molecule has 1 saturated heterocycles. The van der Waals surface area contributed by atoms with Gasteiger partial charge in [0.15, 0.2) is 11.5 Å². The third-order valence-electron chi connectivity index (χ3n) is 4.81. The van der Waals surface area contributed by atoms with E-state index in [-0.39, 0.29) is 18.8 Å². The number of nitrogens with zero attached hydrogens (tertiary/aromatic N) is 3. The van der Waals surface area contributed by atoms with Crippen LogP contribution in [0.2, 0.25) is 0 Å². The minimum Gasteiger partial charge on any atom is -0.493 e. The van der Waals surface area contributed by atoms with Crippen LogP contribution in [0.4, 0.5) is 5.95 Å². The highest BCUT2D eigenvalue weighted by atomic mass is 16.5. The van der Waals surface area contributed by atoms with Crippen molar-refractivity contribution in [3.05, 3.63) is 41.7 Å². The predicted octanol–water partition coefficient (Wildman–Crippen LogP) is 1.86. The Kier molecular flexibility index (Phi) is 7.02. The zero-order valence-electron chi connectivity index (χ0n) is 16.6. The third-order valence-corrected chi connectivity index (χ3v) is 4.81. The molecule has 0 saturated carbocycles. The summed E-state index contributed by atoms with van der Waals surface area (Å²) in [5.74, 6) is 1.95. The molecule has 8 nitrogen and oxygen atoms in total. The second kappa shape index (κ2) is 9.68. The summed E-state index contributed by atoms with van der Waals surface area (Å²) in [5.41, 5.74) is 2.01. The van der Waals surface area contributed by atoms with Crippen LogP contribution in [-0.4, -0.2) is 66.6 Å². The molecule has 3 rings (SSSR count). The first-order chi connectivity index (χ1) is 13.7. The van der Waals surface area contributed by atoms with E-state index in [0.717, 1.165) is 24.2 Å². The highest BCUT2D eigenvalue weighted by molar-refractivity contribution is 5.44. The summed E-state index contributed by atoms with van der Waals surface area (Å²) >= 11 is 0. The van der Waals surface area contributed by atoms with Crippen LogP contribution in [0.15, 0.2) is 30.6 Å². The monoisotopic (exact) mass is 388 g/mol. The van der Waals surface area contributed by atoms with Crippen LogP contribution in [0.5, 0.6) is 11.5 Å². The average molecular weight is 388 g/mol. The Morgan fingerprint density at radius 3 is 2.61 bits per heavy atom. The van der Waals surface area contributed by atoms with Gasteiger partial charge in [-0.2, -0.15) is 0 Å². The number of aromatic nitrogens is 2. The van der Waals surface area contributed by atoms with E-state index in [2.05, 4.69) is 20.2 Å². The maximum absolute atomic E-state index is 9.89. The largest absolute Gasteiger partial charge is 0.493 e. The van der Waals surface area contributed by atoms with Crippen LogP contribution in [0.25, 0.3) is 0 Å². The number of rotatable bonds is 8. The fraction of sp³-hybridized carbons (Fsp3) is 0.500. The number of morpholine rings is 1. The molecule has 1 aromatic heterocycles. The Bertz CT molecular complexity index is 756. The molecule has 1 aliphatic heterocycles. The maximum atomic E-state index is 9.89. The molecule has 28 heavy (non-hydrogen) atoms. The molecule has 152 valence electrons. The van der Waals surface area contributed by atoms with Gasteiger partial charge < -0.3 is 24.6 Å². The van der Waals surface area contributed by atoms with E-state index in [1.54, 1.807) is 14.2 Å². The van der Waals surface area contributed by atoms with Crippen molar-refractivity contribution in [3.63, 3.8) is 0 Å². The Labute approximate surface area is 165 Å². The first kappa shape index (κ1) is 20.3. The van der Waals surface area contributed by atoms with Gasteiger partial charge in [0.25, 0.3) is 0 Å². The van der Waals surface area contributed by atoms with Crippen molar-refractivity contribution in [3.8, 4) is 11.5 Å². The standard InChI is InChI=1S/C20H28N4O4/c1-4-21-20-22-10-14(11-23-20)12-24-7-8-28-18(13-25)19(24)15-5-6-16(26-2)17(9-15)27-3/h5-6,9-11,18-19,25H,4,7-8,12-13H2,1-3H3,(H,21,22,23)/t18-,19-/m1/s1. The van der Waals surface area contributed by atoms with Crippen molar-refractivity contribution < 1.29 is 19.3 Å². The summed E-state index contributed by atoms with van der Waals surface area (Å²) in [6.07, 6.45) is 3.34. The third kappa shape index (κ3) is 4.52. The Morgan fingerprint density at radius 2 is 1.96 bits per heavy atom. The molecule has 0 spiro atoms. The number of benzene rings is 1. The fourth-order valence-electron chi connectivity index (χ4n) is 3.50. The number of hydrogen-bond donors (Lipinski definition) is 2. The van der Waals surface area contributed by atoms with E-state index in [1.807, 2.05) is 37.5 Å². The number of aliphatic hydroxyl groups is 1. The molecule has 1 aliphatic rings. The van der Waals surface area contributed by atoms with Gasteiger partial charge in [-0.25, -0.2) is 9.97 Å². The van der Waals surface area contributed by atoms with Gasteiger partial charge in [0.2, 0.25) is 5.95 Å². The van der Waals surface area contributed by atoms with E-state index in [0.29, 0.717) is 30.6 Å². The topological polar surface area (TPSA) is 89.0 Å². The van der Waals surface area contributed by atoms with Crippen LogP contribution in [0.1, 0.15) is 24.1 Å². The first-order valence-electron chi connectivity index (χ1n) is 9.43. The van der Waals surface area contributed by atoms with Crippen molar-refractivity contribution in [2.45, 2.75) is 25.6 Å². The molecule has 0 radical (unpaired) electrons. The molecule has 1 fully saturated rings. The molecule has 0 amide bonds. The Balaban J connectivity index is 1.86. The van der Waals surface area contributed by atoms with Gasteiger partial charge in [0.05, 0.1) is 33.5 Å². The lowest BCUT2D eigenvalue weighted by Crippen LogP contribution is -2.46. The molecule has 2 heterocycles. The fourth-order valence-corrected chi connectivity index (χ4v) is 3.50. The molecule has 0 aliphatic carbocycles. The van der Waals surface area contributed by atoms with Crippen LogP contribution in [0.3, 0.4) is 0 Å². The minimum atomic E-state index is -0.325. The van der Waals surface area contributed by atoms with Crippen LogP contribution in [0, 0.1) is 0 Å². The van der Waals surface area contributed by atoms with Crippen molar-refractivity contribution in [1.29, 1.82) is 0 Å². The quantitative estimate of drug-likeness (QED) is 0.708. The van der Waals surface area contributed by atoms with E-state index in [4.69, 9.17) is 14.2 Å². The number of methoxy groups -OCH3 is 2. The van der Waals surface area contributed by atoms with Gasteiger partial charge >= 0.3 is 0 Å². The number of nitrogens with one attached hydrogen (secondary N) is 1. The van der Waals surface area contributed by atoms with Crippen molar-refractivity contribution in [1.82, 2.24) is 14.9 Å². The lowest BCUT2D eigenvalue weighted by atomic mass is 9.97. The van der Waals surface area contributed by atoms with E-state index < -0.39 is 0 Å². The van der Waals surface area contributed by atoms with Gasteiger partial charge in [-0.15, -0.1) is 0 Å². The summed E-state index contributed by atoms with van der Waals surface area (Å²) in [6.45, 7) is 4.68. The Morgan fingerprint density at radius 1 is 1.21 bits per heavy atom. The molecule has 2 N–H and O–H groups in total. The number of ether oxygens (including phenoxy) is 3. The lowest BCUT2D eigenvalue weighted by Gasteiger charge is -2.41. The van der Waals surface area contributed by atoms with E-state index >= 15 is 0 Å². The molecular weight excluding hydrogens is 360 g/mol. The van der Waals surface area contributed by atoms with Crippen LogP contribution in [-0.2, 0) is 11.3 Å². The average Bonchev–Trinajstić information content (AvgIpc) is 2.74. The first-order valence-corrected chi connectivity index (χ1v) is 9.43. The highest BCUT2D eigenvalue weighted by Gasteiger charge is 2.34. The number of aliphatic hydroxyl groups excluding tert-OH is 1. The molecule has 1 aromatic carbocycles. The molecule has 0 unspecified atom stereocenters. The summed E-state index contributed by atoms with van der Waals surface area (Å²) in [5, 5.41) is 13.0. The number of hydrogen-bond acceptors (Lipinski definition) is 8. The van der Waals surface area contributed by atoms with Crippen molar-refractivity contribution in [2.75, 3.05) is 45.8 Å². The zero-order valence-corrected chi connectivity index (χ0v) is 16.6. The predicted molar refractivity (Wildman–Crippen MR) is 106 cm³/mol. The molecule has 0 bridgehead atoms. The van der Waals surface area contributed by atoms with Gasteiger partial charge in [-0.05, 0) is 24.6 Å². The highest BCUT2D eigenvalue weighted by Crippen LogP contribution is 2.36. The SMILES string of the molecule is CCNc1ncc(CN2CCO[C@H](CO)[C@H]2c2ccc(OC)c(OC)c2)cn1. The van der Waals surface area contributed by atoms with E-state index in [1.165, 1.54) is 0 Å². The second-order valence-electron chi connectivity index (χ2n) is 6.57. The smallest absolute Gasteiger partial charge is 0.222 e. The van der Waals surface area contributed by atoms with Gasteiger partial charge in [0, 0.05) is 37.6 Å². The Hall–Kier alpha value is -2.42. The molecule has 8 heteroatoms. The molecule has 2 atom stereocenters. The maximum Gasteiger partial charge on any atom is 0.222 e.